The molecule has 0 saturated carbocycles. The highest BCUT2D eigenvalue weighted by Crippen LogP contribution is 2.51. The van der Waals surface area contributed by atoms with Crippen molar-refractivity contribution in [1.29, 1.82) is 0 Å². The van der Waals surface area contributed by atoms with Gasteiger partial charge in [0.1, 0.15) is 11.2 Å². The molecule has 0 amide bonds. The third kappa shape index (κ3) is 5.41. The number of benzene rings is 10. The first kappa shape index (κ1) is 36.5. The lowest BCUT2D eigenvalue weighted by atomic mass is 9.81. The summed E-state index contributed by atoms with van der Waals surface area (Å²) < 4.78 is 9.46. The van der Waals surface area contributed by atoms with Crippen LogP contribution >= 0.6 is 0 Å². The molecule has 0 spiro atoms. The number of para-hydroxylation sites is 4. The third-order valence-corrected chi connectivity index (χ3v) is 13.8. The van der Waals surface area contributed by atoms with Gasteiger partial charge in [-0.3, -0.25) is 0 Å². The number of fused-ring (bicyclic) bond motifs is 10. The molecule has 0 radical (unpaired) electrons. The van der Waals surface area contributed by atoms with Crippen molar-refractivity contribution in [2.45, 2.75) is 19.3 Å². The van der Waals surface area contributed by atoms with Gasteiger partial charge in [0.2, 0.25) is 0 Å². The van der Waals surface area contributed by atoms with Gasteiger partial charge in [-0.2, -0.15) is 0 Å². The molecule has 3 heteroatoms. The van der Waals surface area contributed by atoms with E-state index in [4.69, 9.17) is 4.42 Å². The average molecular weight is 819 g/mol. The molecule has 302 valence electrons. The van der Waals surface area contributed by atoms with Crippen LogP contribution in [0.1, 0.15) is 25.0 Å². The van der Waals surface area contributed by atoms with E-state index in [1.54, 1.807) is 0 Å². The molecular weight excluding hydrogens is 777 g/mol. The Balaban J connectivity index is 1.05. The molecule has 0 bridgehead atoms. The van der Waals surface area contributed by atoms with Crippen molar-refractivity contribution in [1.82, 2.24) is 4.57 Å². The van der Waals surface area contributed by atoms with Crippen LogP contribution in [0, 0.1) is 0 Å². The summed E-state index contributed by atoms with van der Waals surface area (Å²) >= 11 is 0. The number of rotatable bonds is 6. The van der Waals surface area contributed by atoms with E-state index in [0.717, 1.165) is 66.8 Å². The molecule has 13 rings (SSSR count). The molecule has 12 aromatic rings. The van der Waals surface area contributed by atoms with Crippen molar-refractivity contribution >= 4 is 71.6 Å². The fourth-order valence-corrected chi connectivity index (χ4v) is 10.7. The highest BCUT2D eigenvalue weighted by atomic mass is 16.3. The average Bonchev–Trinajstić information content (AvgIpc) is 3.97. The van der Waals surface area contributed by atoms with Gasteiger partial charge < -0.3 is 13.9 Å². The number of anilines is 3. The van der Waals surface area contributed by atoms with Crippen LogP contribution in [0.4, 0.5) is 17.1 Å². The minimum atomic E-state index is -0.0734. The Kier molecular flexibility index (Phi) is 7.95. The second kappa shape index (κ2) is 13.9. The Morgan fingerprint density at radius 1 is 0.422 bits per heavy atom. The Morgan fingerprint density at radius 3 is 1.83 bits per heavy atom. The second-order valence-electron chi connectivity index (χ2n) is 17.7. The summed E-state index contributed by atoms with van der Waals surface area (Å²) in [6.45, 7) is 4.70. The maximum atomic E-state index is 7.04. The van der Waals surface area contributed by atoms with Crippen LogP contribution in [-0.4, -0.2) is 4.57 Å². The van der Waals surface area contributed by atoms with Gasteiger partial charge in [0.15, 0.2) is 0 Å². The van der Waals surface area contributed by atoms with Gasteiger partial charge in [-0.25, -0.2) is 0 Å². The van der Waals surface area contributed by atoms with Crippen LogP contribution in [0.25, 0.3) is 93.6 Å². The summed E-state index contributed by atoms with van der Waals surface area (Å²) in [5.74, 6) is 0. The van der Waals surface area contributed by atoms with Crippen molar-refractivity contribution < 1.29 is 4.42 Å². The smallest absolute Gasteiger partial charge is 0.145 e. The minimum absolute atomic E-state index is 0.0734. The molecule has 0 unspecified atom stereocenters. The Labute approximate surface area is 371 Å². The molecule has 10 aromatic carbocycles. The van der Waals surface area contributed by atoms with E-state index >= 15 is 0 Å². The van der Waals surface area contributed by atoms with Gasteiger partial charge in [-0.05, 0) is 111 Å². The Morgan fingerprint density at radius 2 is 1.03 bits per heavy atom. The summed E-state index contributed by atoms with van der Waals surface area (Å²) in [6, 6.07) is 79.7. The number of hydrogen-bond acceptors (Lipinski definition) is 2. The topological polar surface area (TPSA) is 21.3 Å². The van der Waals surface area contributed by atoms with Crippen molar-refractivity contribution in [2.75, 3.05) is 4.90 Å². The van der Waals surface area contributed by atoms with E-state index in [1.165, 1.54) is 54.9 Å². The Bertz CT molecular complexity index is 3770. The number of furan rings is 1. The summed E-state index contributed by atoms with van der Waals surface area (Å²) in [7, 11) is 0. The van der Waals surface area contributed by atoms with E-state index in [2.05, 4.69) is 242 Å². The molecule has 0 saturated heterocycles. The lowest BCUT2D eigenvalue weighted by Crippen LogP contribution is -2.14. The molecule has 2 heterocycles. The van der Waals surface area contributed by atoms with Crippen LogP contribution in [0.5, 0.6) is 0 Å². The minimum Gasteiger partial charge on any atom is -0.455 e. The third-order valence-electron chi connectivity index (χ3n) is 13.8. The zero-order valence-electron chi connectivity index (χ0n) is 35.6. The number of hydrogen-bond donors (Lipinski definition) is 0. The molecule has 3 nitrogen and oxygen atoms in total. The van der Waals surface area contributed by atoms with Crippen LogP contribution in [0.2, 0.25) is 0 Å². The number of nitrogens with zero attached hydrogens (tertiary/aromatic N) is 2. The summed E-state index contributed by atoms with van der Waals surface area (Å²) in [6.07, 6.45) is 0. The van der Waals surface area contributed by atoms with Gasteiger partial charge >= 0.3 is 0 Å². The van der Waals surface area contributed by atoms with Crippen LogP contribution in [-0.2, 0) is 5.41 Å². The SMILES string of the molecule is CC1(C)c2ccccc2-c2ccc(-c3ccc(N(c4ccc5ccccc5c4)c4ccc5c(oc6ccccc65)c4-c4ccccc4-n4c5ccccc5c5ccccc54)cc3)cc21. The van der Waals surface area contributed by atoms with Gasteiger partial charge in [0.25, 0.3) is 0 Å². The van der Waals surface area contributed by atoms with Gasteiger partial charge in [0.05, 0.1) is 28.0 Å². The molecule has 0 N–H and O–H groups in total. The van der Waals surface area contributed by atoms with Crippen LogP contribution < -0.4 is 4.90 Å². The summed E-state index contributed by atoms with van der Waals surface area (Å²) in [5.41, 5.74) is 18.2. The van der Waals surface area contributed by atoms with E-state index < -0.39 is 0 Å². The molecule has 1 aliphatic carbocycles. The maximum Gasteiger partial charge on any atom is 0.145 e. The van der Waals surface area contributed by atoms with Crippen molar-refractivity contribution in [3.63, 3.8) is 0 Å². The normalized spacial score (nSPS) is 13.0. The lowest BCUT2D eigenvalue weighted by Gasteiger charge is -2.29. The van der Waals surface area contributed by atoms with Crippen molar-refractivity contribution in [3.05, 3.63) is 230 Å². The monoisotopic (exact) mass is 818 g/mol. The predicted octanol–water partition coefficient (Wildman–Crippen LogP) is 16.9. The second-order valence-corrected chi connectivity index (χ2v) is 17.7. The molecule has 64 heavy (non-hydrogen) atoms. The predicted molar refractivity (Wildman–Crippen MR) is 269 cm³/mol. The van der Waals surface area contributed by atoms with E-state index in [-0.39, 0.29) is 5.41 Å². The lowest BCUT2D eigenvalue weighted by molar-refractivity contribution is 0.660. The van der Waals surface area contributed by atoms with Crippen LogP contribution in [0.15, 0.2) is 223 Å². The fraction of sp³-hybridized carbons (Fsp3) is 0.0492. The fourth-order valence-electron chi connectivity index (χ4n) is 10.7. The summed E-state index contributed by atoms with van der Waals surface area (Å²) in [5, 5.41) is 7.02. The molecular formula is C61H42N2O. The standard InChI is InChI=1S/C61H42N2O/c1-61(2)52-22-10-5-17-45(52)46-34-30-42(38-53(46)61)40-27-31-43(32-28-40)62(44-33-29-39-15-3-4-16-41(39)37-44)57-36-35-50-49-20-9-14-26-58(49)64-60(50)59(57)51-21-8-13-25-56(51)63-54-23-11-6-18-47(54)48-19-7-12-24-55(48)63/h3-38H,1-2H3. The number of aromatic nitrogens is 1. The first-order valence-corrected chi connectivity index (χ1v) is 22.2. The molecule has 1 aliphatic rings. The first-order chi connectivity index (χ1) is 31.5. The van der Waals surface area contributed by atoms with Gasteiger partial charge in [0, 0.05) is 43.9 Å². The Hall–Kier alpha value is -8.14. The molecule has 0 fully saturated rings. The van der Waals surface area contributed by atoms with Gasteiger partial charge in [-0.1, -0.05) is 166 Å². The van der Waals surface area contributed by atoms with E-state index in [0.29, 0.717) is 0 Å². The first-order valence-electron chi connectivity index (χ1n) is 22.2. The maximum absolute atomic E-state index is 7.04. The van der Waals surface area contributed by atoms with Crippen LogP contribution in [0.3, 0.4) is 0 Å². The highest BCUT2D eigenvalue weighted by molar-refractivity contribution is 6.15. The van der Waals surface area contributed by atoms with Gasteiger partial charge in [-0.15, -0.1) is 0 Å². The zero-order chi connectivity index (χ0) is 42.5. The van der Waals surface area contributed by atoms with E-state index in [9.17, 15) is 0 Å². The zero-order valence-corrected chi connectivity index (χ0v) is 35.6. The summed E-state index contributed by atoms with van der Waals surface area (Å²) in [4.78, 5) is 2.42. The quantitative estimate of drug-likeness (QED) is 0.167. The molecule has 0 aliphatic heterocycles. The van der Waals surface area contributed by atoms with Crippen molar-refractivity contribution in [2.24, 2.45) is 0 Å². The van der Waals surface area contributed by atoms with E-state index in [1.807, 2.05) is 0 Å². The molecule has 0 atom stereocenters. The van der Waals surface area contributed by atoms with Crippen molar-refractivity contribution in [3.8, 4) is 39.1 Å². The highest BCUT2D eigenvalue weighted by Gasteiger charge is 2.35. The molecule has 2 aromatic heterocycles. The largest absolute Gasteiger partial charge is 0.455 e.